The largest absolute Gasteiger partial charge is 2.00 e. The fourth-order valence-corrected chi connectivity index (χ4v) is 3.99. The summed E-state index contributed by atoms with van der Waals surface area (Å²) < 4.78 is 21.9. The van der Waals surface area contributed by atoms with Crippen molar-refractivity contribution in [3.05, 3.63) is 78.6 Å². The van der Waals surface area contributed by atoms with Crippen molar-refractivity contribution in [3.63, 3.8) is 0 Å². The Hall–Kier alpha value is -4.05. The van der Waals surface area contributed by atoms with Crippen molar-refractivity contribution in [2.45, 2.75) is 27.3 Å². The van der Waals surface area contributed by atoms with Gasteiger partial charge in [-0.2, -0.15) is 0 Å². The molecule has 4 rings (SSSR count). The van der Waals surface area contributed by atoms with Crippen LogP contribution in [0.15, 0.2) is 60.9 Å². The first-order valence-electron chi connectivity index (χ1n) is 13.8. The van der Waals surface area contributed by atoms with Crippen LogP contribution in [0.3, 0.4) is 0 Å². The quantitative estimate of drug-likeness (QED) is 0.138. The van der Waals surface area contributed by atoms with E-state index in [-0.39, 0.29) is 21.1 Å². The number of hydrogen-bond acceptors (Lipinski definition) is 8. The summed E-state index contributed by atoms with van der Waals surface area (Å²) >= 11 is 0. The number of terminal acetylenes is 1. The van der Waals surface area contributed by atoms with Gasteiger partial charge in [0.25, 0.3) is 0 Å². The van der Waals surface area contributed by atoms with E-state index in [2.05, 4.69) is 33.5 Å². The number of rotatable bonds is 12. The van der Waals surface area contributed by atoms with E-state index in [4.69, 9.17) is 25.4 Å². The number of hydrogen-bond donors (Lipinski definition) is 1. The van der Waals surface area contributed by atoms with E-state index in [0.717, 1.165) is 46.2 Å². The molecule has 0 amide bonds. The van der Waals surface area contributed by atoms with Crippen molar-refractivity contribution in [2.75, 3.05) is 45.9 Å². The van der Waals surface area contributed by atoms with Gasteiger partial charge in [0.05, 0.1) is 25.6 Å². The van der Waals surface area contributed by atoms with Crippen molar-refractivity contribution in [2.24, 2.45) is 0 Å². The Morgan fingerprint density at radius 1 is 0.814 bits per heavy atom. The number of nitrogens with one attached hydrogen (secondary N) is 1. The summed E-state index contributed by atoms with van der Waals surface area (Å²) in [7, 11) is 5.91. The van der Waals surface area contributed by atoms with Crippen molar-refractivity contribution >= 4 is 5.69 Å². The van der Waals surface area contributed by atoms with Gasteiger partial charge in [0.15, 0.2) is 0 Å². The summed E-state index contributed by atoms with van der Waals surface area (Å²) in [5.74, 6) is 2.68. The van der Waals surface area contributed by atoms with Gasteiger partial charge in [-0.05, 0) is 56.9 Å². The summed E-state index contributed by atoms with van der Waals surface area (Å²) in [6.07, 6.45) is 11.0. The maximum absolute atomic E-state index is 5.71. The summed E-state index contributed by atoms with van der Waals surface area (Å²) in [6, 6.07) is 21.5. The molecule has 0 saturated heterocycles. The molecule has 0 atom stereocenters. The van der Waals surface area contributed by atoms with Crippen LogP contribution in [0.5, 0.6) is 23.0 Å². The number of anilines is 1. The molecule has 2 heterocycles. The number of pyridine rings is 2. The zero-order chi connectivity index (χ0) is 30.3. The molecule has 0 radical (unpaired) electrons. The van der Waals surface area contributed by atoms with Crippen LogP contribution >= 0.6 is 0 Å². The van der Waals surface area contributed by atoms with E-state index in [9.17, 15) is 0 Å². The molecule has 2 aromatic carbocycles. The average Bonchev–Trinajstić information content (AvgIpc) is 2.99. The van der Waals surface area contributed by atoms with E-state index in [0.29, 0.717) is 36.9 Å². The molecule has 228 valence electrons. The number of benzene rings is 2. The Morgan fingerprint density at radius 2 is 1.37 bits per heavy atom. The molecule has 0 aliphatic heterocycles. The fraction of sp³-hybridized carbons (Fsp3) is 0.294. The standard InChI is InChI=1S/C17H21N2O2.C17H17N2O2.Pt/c1-5-20-14-7-8-15(17(12-14)21-6-2)16-11-13(19(3)4)9-10-18-16;1-4-20-14-6-7-15(17(11-14)21-5-2)16-10-13(12-18-3)8-9-19-16;/h7,9-12H,5-6H2,1-4H3;2,6,8-11,18H,4,12H2,1,3H3;/q2*-1;+2. The third kappa shape index (κ3) is 10.3. The predicted octanol–water partition coefficient (Wildman–Crippen LogP) is 6.05. The van der Waals surface area contributed by atoms with Gasteiger partial charge in [0.1, 0.15) is 6.11 Å². The monoisotopic (exact) mass is 761 g/mol. The van der Waals surface area contributed by atoms with Gasteiger partial charge in [-0.25, -0.2) is 0 Å². The first-order chi connectivity index (χ1) is 20.4. The molecule has 0 bridgehead atoms. The minimum atomic E-state index is 0. The molecule has 0 aliphatic rings. The summed E-state index contributed by atoms with van der Waals surface area (Å²) in [5, 5.41) is 3.11. The Balaban J connectivity index is 0.000000293. The molecule has 8 nitrogen and oxygen atoms in total. The van der Waals surface area contributed by atoms with Crippen LogP contribution in [0, 0.1) is 24.7 Å². The molecule has 1 N–H and O–H groups in total. The van der Waals surface area contributed by atoms with Crippen LogP contribution in [0.2, 0.25) is 0 Å². The Labute approximate surface area is 270 Å². The zero-order valence-corrected chi connectivity index (χ0v) is 27.7. The van der Waals surface area contributed by atoms with Crippen molar-refractivity contribution in [1.82, 2.24) is 15.3 Å². The molecule has 4 aromatic rings. The molecule has 0 aliphatic carbocycles. The van der Waals surface area contributed by atoms with Gasteiger partial charge >= 0.3 is 21.1 Å². The third-order valence-electron chi connectivity index (χ3n) is 5.83. The minimum absolute atomic E-state index is 0. The van der Waals surface area contributed by atoms with Crippen LogP contribution in [0.4, 0.5) is 5.69 Å². The second-order valence-corrected chi connectivity index (χ2v) is 9.04. The van der Waals surface area contributed by atoms with Gasteiger partial charge in [-0.3, -0.25) is 0 Å². The second kappa shape index (κ2) is 18.5. The molecular weight excluding hydrogens is 723 g/mol. The van der Waals surface area contributed by atoms with Crippen molar-refractivity contribution < 1.29 is 40.0 Å². The van der Waals surface area contributed by atoms with E-state index >= 15 is 0 Å². The summed E-state index contributed by atoms with van der Waals surface area (Å²) in [4.78, 5) is 10.8. The molecule has 43 heavy (non-hydrogen) atoms. The fourth-order valence-electron chi connectivity index (χ4n) is 3.99. The summed E-state index contributed by atoms with van der Waals surface area (Å²) in [6.45, 7) is 8.36. The van der Waals surface area contributed by atoms with E-state index in [1.165, 1.54) is 0 Å². The van der Waals surface area contributed by atoms with Crippen LogP contribution in [0.1, 0.15) is 26.3 Å². The van der Waals surface area contributed by atoms with Crippen molar-refractivity contribution in [1.29, 1.82) is 0 Å². The van der Waals surface area contributed by atoms with Gasteiger partial charge in [-0.15, -0.1) is 24.3 Å². The average molecular weight is 762 g/mol. The van der Waals surface area contributed by atoms with Crippen LogP contribution < -0.4 is 29.2 Å². The molecule has 0 fully saturated rings. The number of nitrogens with zero attached hydrogens (tertiary/aromatic N) is 3. The molecule has 0 saturated carbocycles. The van der Waals surface area contributed by atoms with Gasteiger partial charge in [0.2, 0.25) is 0 Å². The van der Waals surface area contributed by atoms with Crippen LogP contribution in [-0.2, 0) is 27.6 Å². The minimum Gasteiger partial charge on any atom is -0.537 e. The molecule has 0 spiro atoms. The number of ether oxygens (including phenoxy) is 4. The normalized spacial score (nSPS) is 9.88. The molecule has 9 heteroatoms. The Bertz CT molecular complexity index is 1470. The first-order valence-corrected chi connectivity index (χ1v) is 13.8. The van der Waals surface area contributed by atoms with E-state index in [1.807, 2.05) is 83.2 Å². The molecule has 0 unspecified atom stereocenters. The molecule has 2 aromatic heterocycles. The first kappa shape index (κ1) is 35.1. The Morgan fingerprint density at radius 3 is 1.93 bits per heavy atom. The van der Waals surface area contributed by atoms with Gasteiger partial charge < -0.3 is 39.1 Å². The van der Waals surface area contributed by atoms with E-state index < -0.39 is 0 Å². The van der Waals surface area contributed by atoms with Crippen LogP contribution in [-0.4, -0.2) is 50.9 Å². The van der Waals surface area contributed by atoms with Gasteiger partial charge in [0, 0.05) is 56.0 Å². The van der Waals surface area contributed by atoms with E-state index in [1.54, 1.807) is 24.5 Å². The molecular formula is C34H38N4O4Pt. The second-order valence-electron chi connectivity index (χ2n) is 9.04. The summed E-state index contributed by atoms with van der Waals surface area (Å²) in [5.41, 5.74) is 5.38. The SMILES string of the molecule is C#COc1cc(OCC)c[c-]c1-c1cc(CNC)ccn1.CCOc1c[c-]c(-c2cc(N(C)C)ccn2)c(OCC)c1.[Pt+2]. The topological polar surface area (TPSA) is 78.0 Å². The van der Waals surface area contributed by atoms with Crippen molar-refractivity contribution in [3.8, 4) is 58.0 Å². The predicted molar refractivity (Wildman–Crippen MR) is 167 cm³/mol. The maximum atomic E-state index is 5.71. The Kier molecular flexibility index (Phi) is 15.1. The smallest absolute Gasteiger partial charge is 0.537 e. The van der Waals surface area contributed by atoms with Gasteiger partial charge in [-0.1, -0.05) is 41.8 Å². The third-order valence-corrected chi connectivity index (χ3v) is 5.83. The maximum Gasteiger partial charge on any atom is 2.00 e. The van der Waals surface area contributed by atoms with Crippen LogP contribution in [0.25, 0.3) is 22.5 Å². The number of aromatic nitrogens is 2. The zero-order valence-electron chi connectivity index (χ0n) is 25.5.